The van der Waals surface area contributed by atoms with E-state index in [2.05, 4.69) is 62.3 Å². The number of benzene rings is 1. The summed E-state index contributed by atoms with van der Waals surface area (Å²) in [6, 6.07) is 9.20. The van der Waals surface area contributed by atoms with E-state index < -0.39 is 0 Å². The zero-order valence-corrected chi connectivity index (χ0v) is 12.2. The van der Waals surface area contributed by atoms with Gasteiger partial charge in [-0.25, -0.2) is 0 Å². The van der Waals surface area contributed by atoms with Gasteiger partial charge in [-0.05, 0) is 36.6 Å². The first kappa shape index (κ1) is 13.8. The van der Waals surface area contributed by atoms with Gasteiger partial charge < -0.3 is 5.32 Å². The fourth-order valence-electron chi connectivity index (χ4n) is 2.16. The van der Waals surface area contributed by atoms with Crippen molar-refractivity contribution in [1.29, 1.82) is 0 Å². The third kappa shape index (κ3) is 3.42. The number of hydrogen-bond acceptors (Lipinski definition) is 2. The molecule has 0 fully saturated rings. The Labute approximate surface area is 115 Å². The van der Waals surface area contributed by atoms with Gasteiger partial charge in [0, 0.05) is 30.5 Å². The highest BCUT2D eigenvalue weighted by Crippen LogP contribution is 2.27. The van der Waals surface area contributed by atoms with E-state index in [0.29, 0.717) is 6.04 Å². The Hall–Kier alpha value is -1.67. The fourth-order valence-corrected chi connectivity index (χ4v) is 2.16. The first-order valence-corrected chi connectivity index (χ1v) is 6.82. The van der Waals surface area contributed by atoms with E-state index in [9.17, 15) is 0 Å². The molecule has 2 heteroatoms. The highest BCUT2D eigenvalue weighted by Gasteiger charge is 2.08. The molecule has 0 aliphatic carbocycles. The van der Waals surface area contributed by atoms with Gasteiger partial charge in [-0.3, -0.25) is 4.98 Å². The third-order valence-corrected chi connectivity index (χ3v) is 3.30. The van der Waals surface area contributed by atoms with Gasteiger partial charge in [-0.1, -0.05) is 37.6 Å². The van der Waals surface area contributed by atoms with E-state index in [1.807, 2.05) is 12.4 Å². The van der Waals surface area contributed by atoms with Crippen LogP contribution < -0.4 is 5.32 Å². The van der Waals surface area contributed by atoms with Gasteiger partial charge >= 0.3 is 0 Å². The molecule has 0 amide bonds. The van der Waals surface area contributed by atoms with Crippen LogP contribution in [0, 0.1) is 13.8 Å². The first-order chi connectivity index (χ1) is 9.08. The number of nitrogens with zero attached hydrogens (tertiary/aromatic N) is 1. The van der Waals surface area contributed by atoms with Crippen LogP contribution in [0.25, 0.3) is 11.1 Å². The summed E-state index contributed by atoms with van der Waals surface area (Å²) in [5, 5.41) is 3.49. The van der Waals surface area contributed by atoms with Crippen molar-refractivity contribution in [1.82, 2.24) is 10.3 Å². The highest BCUT2D eigenvalue weighted by atomic mass is 14.9. The SMILES string of the molecule is Cc1ccc(CNC(C)C)c(-c2cnccc2C)c1. The number of pyridine rings is 1. The highest BCUT2D eigenvalue weighted by molar-refractivity contribution is 5.70. The van der Waals surface area contributed by atoms with E-state index in [0.717, 1.165) is 6.54 Å². The van der Waals surface area contributed by atoms with Gasteiger partial charge in [-0.15, -0.1) is 0 Å². The molecule has 0 saturated heterocycles. The normalized spacial score (nSPS) is 11.0. The van der Waals surface area contributed by atoms with Crippen LogP contribution in [-0.4, -0.2) is 11.0 Å². The Kier molecular flexibility index (Phi) is 4.33. The second-order valence-corrected chi connectivity index (χ2v) is 5.39. The van der Waals surface area contributed by atoms with Crippen LogP contribution >= 0.6 is 0 Å². The summed E-state index contributed by atoms with van der Waals surface area (Å²) in [7, 11) is 0. The second-order valence-electron chi connectivity index (χ2n) is 5.39. The molecule has 0 saturated carbocycles. The Bertz CT molecular complexity index is 559. The van der Waals surface area contributed by atoms with Crippen molar-refractivity contribution in [2.24, 2.45) is 0 Å². The van der Waals surface area contributed by atoms with Gasteiger partial charge in [0.2, 0.25) is 0 Å². The zero-order chi connectivity index (χ0) is 13.8. The van der Waals surface area contributed by atoms with E-state index in [-0.39, 0.29) is 0 Å². The maximum absolute atomic E-state index is 4.27. The summed E-state index contributed by atoms with van der Waals surface area (Å²) in [4.78, 5) is 4.27. The maximum atomic E-state index is 4.27. The molecule has 1 aromatic heterocycles. The Morgan fingerprint density at radius 1 is 1.11 bits per heavy atom. The molecule has 0 aliphatic heterocycles. The number of aryl methyl sites for hydroxylation is 2. The quantitative estimate of drug-likeness (QED) is 0.896. The van der Waals surface area contributed by atoms with Crippen molar-refractivity contribution in [3.05, 3.63) is 53.3 Å². The minimum atomic E-state index is 0.490. The molecule has 0 aliphatic rings. The van der Waals surface area contributed by atoms with Crippen molar-refractivity contribution < 1.29 is 0 Å². The van der Waals surface area contributed by atoms with E-state index in [1.165, 1.54) is 27.8 Å². The minimum absolute atomic E-state index is 0.490. The zero-order valence-electron chi connectivity index (χ0n) is 12.2. The summed E-state index contributed by atoms with van der Waals surface area (Å²) in [5.74, 6) is 0. The predicted molar refractivity (Wildman–Crippen MR) is 81.1 cm³/mol. The molecule has 1 aromatic carbocycles. The lowest BCUT2D eigenvalue weighted by atomic mass is 9.96. The van der Waals surface area contributed by atoms with Gasteiger partial charge in [0.15, 0.2) is 0 Å². The van der Waals surface area contributed by atoms with Crippen LogP contribution in [0.2, 0.25) is 0 Å². The largest absolute Gasteiger partial charge is 0.310 e. The van der Waals surface area contributed by atoms with Crippen molar-refractivity contribution in [3.8, 4) is 11.1 Å². The molecule has 0 radical (unpaired) electrons. The minimum Gasteiger partial charge on any atom is -0.310 e. The Morgan fingerprint density at radius 2 is 1.89 bits per heavy atom. The molecule has 0 atom stereocenters. The summed E-state index contributed by atoms with van der Waals surface area (Å²) >= 11 is 0. The van der Waals surface area contributed by atoms with Crippen LogP contribution in [-0.2, 0) is 6.54 Å². The number of hydrogen-bond donors (Lipinski definition) is 1. The molecule has 0 spiro atoms. The number of nitrogens with one attached hydrogen (secondary N) is 1. The topological polar surface area (TPSA) is 24.9 Å². The molecule has 100 valence electrons. The molecule has 0 unspecified atom stereocenters. The van der Waals surface area contributed by atoms with Crippen molar-refractivity contribution in [2.45, 2.75) is 40.3 Å². The van der Waals surface area contributed by atoms with E-state index in [1.54, 1.807) is 0 Å². The smallest absolute Gasteiger partial charge is 0.0349 e. The van der Waals surface area contributed by atoms with E-state index in [4.69, 9.17) is 0 Å². The monoisotopic (exact) mass is 254 g/mol. The van der Waals surface area contributed by atoms with Crippen molar-refractivity contribution in [2.75, 3.05) is 0 Å². The maximum Gasteiger partial charge on any atom is 0.0349 e. The van der Waals surface area contributed by atoms with Crippen molar-refractivity contribution >= 4 is 0 Å². The standard InChI is InChI=1S/C17H22N2/c1-12(2)19-10-15-6-5-13(3)9-16(15)17-11-18-8-7-14(17)4/h5-9,11-12,19H,10H2,1-4H3. The molecular formula is C17H22N2. The molecule has 0 bridgehead atoms. The Balaban J connectivity index is 2.43. The average Bonchev–Trinajstić information content (AvgIpc) is 2.37. The Morgan fingerprint density at radius 3 is 2.58 bits per heavy atom. The van der Waals surface area contributed by atoms with E-state index >= 15 is 0 Å². The van der Waals surface area contributed by atoms with Gasteiger partial charge in [0.1, 0.15) is 0 Å². The van der Waals surface area contributed by atoms with Gasteiger partial charge in [0.05, 0.1) is 0 Å². The lowest BCUT2D eigenvalue weighted by Gasteiger charge is -2.15. The van der Waals surface area contributed by atoms with Crippen LogP contribution in [0.4, 0.5) is 0 Å². The predicted octanol–water partition coefficient (Wildman–Crippen LogP) is 3.86. The summed E-state index contributed by atoms with van der Waals surface area (Å²) in [6.07, 6.45) is 3.81. The average molecular weight is 254 g/mol. The van der Waals surface area contributed by atoms with Crippen LogP contribution in [0.1, 0.15) is 30.5 Å². The molecule has 1 heterocycles. The fraction of sp³-hybridized carbons (Fsp3) is 0.353. The lowest BCUT2D eigenvalue weighted by Crippen LogP contribution is -2.22. The second kappa shape index (κ2) is 5.98. The van der Waals surface area contributed by atoms with Gasteiger partial charge in [-0.2, -0.15) is 0 Å². The number of aromatic nitrogens is 1. The molecule has 1 N–H and O–H groups in total. The molecule has 2 rings (SSSR count). The van der Waals surface area contributed by atoms with Gasteiger partial charge in [0.25, 0.3) is 0 Å². The summed E-state index contributed by atoms with van der Waals surface area (Å²) < 4.78 is 0. The third-order valence-electron chi connectivity index (χ3n) is 3.30. The molecule has 19 heavy (non-hydrogen) atoms. The summed E-state index contributed by atoms with van der Waals surface area (Å²) in [6.45, 7) is 9.50. The van der Waals surface area contributed by atoms with Crippen LogP contribution in [0.5, 0.6) is 0 Å². The van der Waals surface area contributed by atoms with Crippen molar-refractivity contribution in [3.63, 3.8) is 0 Å². The van der Waals surface area contributed by atoms with Crippen LogP contribution in [0.15, 0.2) is 36.7 Å². The molecule has 2 aromatic rings. The molecule has 2 nitrogen and oxygen atoms in total. The first-order valence-electron chi connectivity index (χ1n) is 6.82. The molecular weight excluding hydrogens is 232 g/mol. The number of rotatable bonds is 4. The lowest BCUT2D eigenvalue weighted by molar-refractivity contribution is 0.589. The summed E-state index contributed by atoms with van der Waals surface area (Å²) in [5.41, 5.74) is 6.40. The van der Waals surface area contributed by atoms with Crippen LogP contribution in [0.3, 0.4) is 0 Å².